The van der Waals surface area contributed by atoms with Crippen molar-refractivity contribution in [2.75, 3.05) is 0 Å². The fourth-order valence-electron chi connectivity index (χ4n) is 11.9. The van der Waals surface area contributed by atoms with Gasteiger partial charge in [-0.25, -0.2) is 24.1 Å². The quantitative estimate of drug-likeness (QED) is 0.0165. The Kier molecular flexibility index (Phi) is 47.8. The third-order valence-corrected chi connectivity index (χ3v) is 18.5. The second-order valence-electron chi connectivity index (χ2n) is 29.6. The van der Waals surface area contributed by atoms with Gasteiger partial charge in [0.25, 0.3) is 0 Å². The summed E-state index contributed by atoms with van der Waals surface area (Å²) >= 11 is 0. The van der Waals surface area contributed by atoms with Gasteiger partial charge in [-0.1, -0.05) is 98.7 Å². The summed E-state index contributed by atoms with van der Waals surface area (Å²) in [7, 11) is 0. The fraction of sp³-hybridized carbons (Fsp3) is 0.255. The molecule has 25 heteroatoms. The van der Waals surface area contributed by atoms with Gasteiger partial charge in [0.15, 0.2) is 23.1 Å². The Bertz CT molecular complexity index is 5160. The normalized spacial score (nSPS) is 12.3. The van der Waals surface area contributed by atoms with Crippen LogP contribution < -0.4 is 9.47 Å². The Hall–Kier alpha value is -9.98. The first-order valence-corrected chi connectivity index (χ1v) is 38.3. The van der Waals surface area contributed by atoms with Crippen LogP contribution in [0.25, 0.3) is 0 Å². The number of rotatable bonds is 29. The molecule has 6 heterocycles. The van der Waals surface area contributed by atoms with E-state index in [1.54, 1.807) is 72.8 Å². The molecule has 4 unspecified atom stereocenters. The number of aliphatic hydroxyl groups is 4. The minimum atomic E-state index is -1.53. The molecule has 0 aliphatic rings. The zero-order chi connectivity index (χ0) is 86.1. The molecule has 0 saturated carbocycles. The van der Waals surface area contributed by atoms with Crippen LogP contribution in [0.15, 0.2) is 272 Å². The van der Waals surface area contributed by atoms with Crippen LogP contribution in [-0.2, 0) is 142 Å². The van der Waals surface area contributed by atoms with E-state index in [1.807, 2.05) is 150 Å². The SMILES string of the molecule is CC(=O)C=C(O)CC(C)c1cccc(C(C)(C)c2[c-]cccc2)n1.CC(=O)C=C(O)CC(C)c1cccc(Oc2[c-]cccc2)n1.CC(=O)C=C(O)CC(F)c1cccc(Oc2[c-]cccc2)n1.CC(=O)C=C(O)CCc1cccc(C(C)(C)c2[c-]cccc2)n1.CC(c1cccc(C(=O)O)n1)c1cccc(C(C)(C)c2[c-]cc(F)cc2)n1.[Ir].[Ir].[Ir].[Ir].[Ir]. The maximum Gasteiger partial charge on any atom is 0.354 e. The van der Waals surface area contributed by atoms with Gasteiger partial charge in [0.05, 0.1) is 34.4 Å². The first-order valence-electron chi connectivity index (χ1n) is 38.3. The van der Waals surface area contributed by atoms with E-state index in [0.717, 1.165) is 62.6 Å². The average molecular weight is 2550 g/mol. The third kappa shape index (κ3) is 36.4. The van der Waals surface area contributed by atoms with Gasteiger partial charge in [-0.2, -0.15) is 126 Å². The number of carbonyl (C=O) groups is 5. The van der Waals surface area contributed by atoms with Crippen molar-refractivity contribution < 1.29 is 168 Å². The molecule has 5 N–H and O–H groups in total. The largest absolute Gasteiger partial charge is 0.512 e. The van der Waals surface area contributed by atoms with E-state index in [0.29, 0.717) is 48.8 Å². The molecule has 0 fully saturated rings. The number of aromatic carboxylic acids is 1. The van der Waals surface area contributed by atoms with E-state index in [1.165, 1.54) is 70.2 Å². The number of allylic oxidation sites excluding steroid dienone is 8. The second-order valence-corrected chi connectivity index (χ2v) is 29.6. The van der Waals surface area contributed by atoms with Crippen LogP contribution in [0.3, 0.4) is 0 Å². The van der Waals surface area contributed by atoms with Gasteiger partial charge >= 0.3 is 5.97 Å². The summed E-state index contributed by atoms with van der Waals surface area (Å²) in [6.07, 6.45) is 4.66. The molecule has 5 radical (unpaired) electrons. The molecule has 123 heavy (non-hydrogen) atoms. The van der Waals surface area contributed by atoms with Crippen LogP contribution in [-0.4, -0.2) is 84.5 Å². The van der Waals surface area contributed by atoms with E-state index in [2.05, 4.69) is 85.1 Å². The summed E-state index contributed by atoms with van der Waals surface area (Å²) in [6.45, 7) is 23.9. The van der Waals surface area contributed by atoms with Crippen LogP contribution in [0.2, 0.25) is 0 Å². The Morgan fingerprint density at radius 3 is 1.18 bits per heavy atom. The molecule has 657 valence electrons. The number of carbonyl (C=O) groups excluding carboxylic acids is 4. The van der Waals surface area contributed by atoms with Crippen LogP contribution in [0.4, 0.5) is 8.78 Å². The monoisotopic (exact) mass is 2550 g/mol. The van der Waals surface area contributed by atoms with Gasteiger partial charge in [0, 0.05) is 254 Å². The van der Waals surface area contributed by atoms with Crippen LogP contribution in [0.1, 0.15) is 218 Å². The predicted octanol–water partition coefficient (Wildman–Crippen LogP) is 21.8. The summed E-state index contributed by atoms with van der Waals surface area (Å²) < 4.78 is 38.5. The average Bonchev–Trinajstić information content (AvgIpc) is 0.818. The zero-order valence-corrected chi connectivity index (χ0v) is 82.2. The van der Waals surface area contributed by atoms with Crippen molar-refractivity contribution in [3.05, 3.63) is 382 Å². The Morgan fingerprint density at radius 2 is 0.756 bits per heavy atom. The Labute approximate surface area is 787 Å². The number of carboxylic acids is 1. The van der Waals surface area contributed by atoms with E-state index in [4.69, 9.17) is 29.5 Å². The summed E-state index contributed by atoms with van der Waals surface area (Å²) in [5.41, 5.74) is 8.96. The van der Waals surface area contributed by atoms with E-state index < -0.39 is 17.6 Å². The molecule has 0 saturated heterocycles. The molecule has 0 aliphatic heterocycles. The van der Waals surface area contributed by atoms with Crippen molar-refractivity contribution >= 4 is 29.1 Å². The number of pyridine rings is 6. The Morgan fingerprint density at radius 1 is 0.390 bits per heavy atom. The van der Waals surface area contributed by atoms with Crippen molar-refractivity contribution in [2.45, 2.75) is 162 Å². The maximum absolute atomic E-state index is 14.1. The van der Waals surface area contributed by atoms with Gasteiger partial charge < -0.3 is 35.0 Å². The van der Waals surface area contributed by atoms with E-state index in [9.17, 15) is 53.2 Å². The molecule has 11 aromatic rings. The van der Waals surface area contributed by atoms with Gasteiger partial charge in [0.1, 0.15) is 11.9 Å². The van der Waals surface area contributed by atoms with Crippen molar-refractivity contribution in [1.29, 1.82) is 0 Å². The van der Waals surface area contributed by atoms with Crippen molar-refractivity contribution in [3.8, 4) is 23.3 Å². The molecule has 11 rings (SSSR count). The van der Waals surface area contributed by atoms with Crippen LogP contribution in [0, 0.1) is 36.1 Å². The molecular formula is C98H99F2Ir5N6O12-5. The number of aliphatic hydroxyl groups excluding tert-OH is 4. The summed E-state index contributed by atoms with van der Waals surface area (Å²) in [5, 5.41) is 47.9. The van der Waals surface area contributed by atoms with Crippen LogP contribution in [0.5, 0.6) is 23.3 Å². The van der Waals surface area contributed by atoms with Gasteiger partial charge in [-0.05, 0) is 94.8 Å². The topological polar surface area (TPSA) is 282 Å². The standard InChI is InChI=1S/C22H20FN2O2.C21H24NO2.C20H22NO2.C18H18NO3.C17H15FNO3.5Ir/c1-14(17-6-4-8-19(24-17)21(26)27)18-7-5-9-20(25-18)22(2,3)15-10-12-16(23)13-11-15;1-15(13-18(24)14-16(2)23)19-11-8-12-20(22-19)21(3,4)17-9-6-5-7-10-17;1-15(22)14-18(23)13-12-17-10-7-11-19(21-17)20(2,3)16-8-5-4-6-9-16;1-13(11-15(21)12-14(2)20)17-9-6-10-18(19-17)22-16-7-4-3-5-8-16;1-12(20)10-13(21)11-15(18)16-8-5-9-17(19-16)22-14-6-3-2-4-7-14;;;;;/h4-10,12-14H,1-3H3,(H,26,27);5-9,11-12,14-15,24H,13H2,1-4H3;4-8,10-11,14,23H,12-13H2,1-3H3;3-7,9-10,12-13,21H,11H2,1-2H3;2-6,8-10,15,21H,11H2,1H3;;;;;/q5*-1;;;;;. The van der Waals surface area contributed by atoms with Crippen LogP contribution >= 0.6 is 0 Å². The molecule has 0 bridgehead atoms. The molecule has 4 atom stereocenters. The number of carboxylic acid groups (broad SMARTS) is 1. The first kappa shape index (κ1) is 109. The van der Waals surface area contributed by atoms with Gasteiger partial charge in [-0.3, -0.25) is 38.5 Å². The summed E-state index contributed by atoms with van der Waals surface area (Å²) in [5.74, 6) is -0.649. The summed E-state index contributed by atoms with van der Waals surface area (Å²) in [6, 6.07) is 82.8. The minimum absolute atomic E-state index is 0. The number of ether oxygens (including phenoxy) is 2. The van der Waals surface area contributed by atoms with E-state index >= 15 is 0 Å². The molecule has 0 aliphatic carbocycles. The number of para-hydroxylation sites is 2. The minimum Gasteiger partial charge on any atom is -0.512 e. The van der Waals surface area contributed by atoms with Gasteiger partial charge in [-0.15, -0.1) is 36.4 Å². The number of aryl methyl sites for hydroxylation is 1. The molecule has 6 aromatic heterocycles. The number of hydrogen-bond acceptors (Lipinski definition) is 17. The smallest absolute Gasteiger partial charge is 0.354 e. The van der Waals surface area contributed by atoms with Crippen molar-refractivity contribution in [1.82, 2.24) is 29.9 Å². The van der Waals surface area contributed by atoms with Crippen molar-refractivity contribution in [3.63, 3.8) is 0 Å². The first-order chi connectivity index (χ1) is 56.1. The number of benzene rings is 5. The predicted molar refractivity (Wildman–Crippen MR) is 451 cm³/mol. The second kappa shape index (κ2) is 53.9. The zero-order valence-electron chi connectivity index (χ0n) is 70.2. The molecule has 5 aromatic carbocycles. The van der Waals surface area contributed by atoms with E-state index in [-0.39, 0.29) is 205 Å². The molecule has 0 spiro atoms. The third-order valence-electron chi connectivity index (χ3n) is 18.5. The fourth-order valence-corrected chi connectivity index (χ4v) is 11.9. The molecular weight excluding hydrogens is 2450 g/mol. The molecule has 0 amide bonds. The van der Waals surface area contributed by atoms with Gasteiger partial charge in [0.2, 0.25) is 11.8 Å². The number of halogens is 2. The number of ketones is 4. The van der Waals surface area contributed by atoms with Crippen molar-refractivity contribution in [2.24, 2.45) is 0 Å². The number of alkyl halides is 1. The summed E-state index contributed by atoms with van der Waals surface area (Å²) in [4.78, 5) is 82.0. The Balaban J connectivity index is 0.000000517. The number of nitrogens with zero attached hydrogens (tertiary/aromatic N) is 6. The number of aromatic nitrogens is 6. The maximum atomic E-state index is 14.1. The number of hydrogen-bond donors (Lipinski definition) is 5. The molecule has 18 nitrogen and oxygen atoms in total.